The summed E-state index contributed by atoms with van der Waals surface area (Å²) in [6.45, 7) is 2.38. The minimum Gasteiger partial charge on any atom is -0.456 e. The average Bonchev–Trinajstić information content (AvgIpc) is 2.34. The van der Waals surface area contributed by atoms with E-state index >= 15 is 0 Å². The molecule has 0 saturated carbocycles. The summed E-state index contributed by atoms with van der Waals surface area (Å²) in [7, 11) is 0. The number of carbonyl (C=O) groups is 2. The van der Waals surface area contributed by atoms with Gasteiger partial charge in [-0.05, 0) is 6.07 Å². The second-order valence-corrected chi connectivity index (χ2v) is 4.00. The summed E-state index contributed by atoms with van der Waals surface area (Å²) in [4.78, 5) is 31.7. The van der Waals surface area contributed by atoms with Gasteiger partial charge in [0.05, 0.1) is 11.5 Å². The monoisotopic (exact) mass is 284 g/mol. The van der Waals surface area contributed by atoms with Gasteiger partial charge in [-0.15, -0.1) is 0 Å². The van der Waals surface area contributed by atoms with Crippen LogP contribution in [0.15, 0.2) is 18.2 Å². The second kappa shape index (κ2) is 6.60. The molecule has 1 unspecified atom stereocenters. The number of amides is 1. The lowest BCUT2D eigenvalue weighted by molar-refractivity contribution is -0.387. The van der Waals surface area contributed by atoms with Crippen LogP contribution in [0.3, 0.4) is 0 Å². The number of benzene rings is 1. The first-order valence-corrected chi connectivity index (χ1v) is 5.66. The van der Waals surface area contributed by atoms with Crippen LogP contribution < -0.4 is 5.32 Å². The third kappa shape index (κ3) is 4.30. The van der Waals surface area contributed by atoms with Crippen LogP contribution in [0.4, 0.5) is 10.1 Å². The zero-order valence-corrected chi connectivity index (χ0v) is 10.9. The first-order valence-electron chi connectivity index (χ1n) is 5.66. The molecule has 1 rings (SSSR count). The van der Waals surface area contributed by atoms with Gasteiger partial charge in [-0.3, -0.25) is 19.7 Å². The summed E-state index contributed by atoms with van der Waals surface area (Å²) in [5.74, 6) is -1.95. The quantitative estimate of drug-likeness (QED) is 0.501. The van der Waals surface area contributed by atoms with E-state index in [0.717, 1.165) is 12.1 Å². The van der Waals surface area contributed by atoms with E-state index in [1.807, 2.05) is 0 Å². The number of hydrogen-bond donors (Lipinski definition) is 1. The summed E-state index contributed by atoms with van der Waals surface area (Å²) in [5.41, 5.74) is -0.496. The topological polar surface area (TPSA) is 98.5 Å². The molecule has 0 saturated heterocycles. The van der Waals surface area contributed by atoms with E-state index in [1.165, 1.54) is 19.9 Å². The van der Waals surface area contributed by atoms with Crippen molar-refractivity contribution in [3.05, 3.63) is 39.7 Å². The highest BCUT2D eigenvalue weighted by Gasteiger charge is 2.21. The lowest BCUT2D eigenvalue weighted by Crippen LogP contribution is -2.28. The van der Waals surface area contributed by atoms with Crippen molar-refractivity contribution in [3.8, 4) is 0 Å². The maximum absolute atomic E-state index is 13.2. The second-order valence-electron chi connectivity index (χ2n) is 4.00. The van der Waals surface area contributed by atoms with Crippen LogP contribution in [0, 0.1) is 15.9 Å². The highest BCUT2D eigenvalue weighted by Crippen LogP contribution is 2.24. The lowest BCUT2D eigenvalue weighted by Gasteiger charge is -2.17. The van der Waals surface area contributed by atoms with Gasteiger partial charge in [-0.1, -0.05) is 6.07 Å². The van der Waals surface area contributed by atoms with Crippen molar-refractivity contribution in [2.24, 2.45) is 0 Å². The minimum atomic E-state index is -0.986. The molecule has 0 fully saturated rings. The SMILES string of the molecule is CC(=O)NCC(OC(C)=O)c1ccc(F)c([N+](=O)[O-])c1. The summed E-state index contributed by atoms with van der Waals surface area (Å²) in [6, 6.07) is 3.15. The molecule has 0 spiro atoms. The average molecular weight is 284 g/mol. The van der Waals surface area contributed by atoms with E-state index in [2.05, 4.69) is 5.32 Å². The van der Waals surface area contributed by atoms with E-state index in [9.17, 15) is 24.1 Å². The maximum atomic E-state index is 13.2. The van der Waals surface area contributed by atoms with E-state index in [-0.39, 0.29) is 18.0 Å². The molecule has 1 amide bonds. The standard InChI is InChI=1S/C12H13FN2O5/c1-7(16)14-6-12(20-8(2)17)9-3-4-10(13)11(5-9)15(18)19/h3-5,12H,6H2,1-2H3,(H,14,16). The van der Waals surface area contributed by atoms with Gasteiger partial charge >= 0.3 is 11.7 Å². The Labute approximate surface area is 113 Å². The van der Waals surface area contributed by atoms with Crippen LogP contribution in [0.5, 0.6) is 0 Å². The van der Waals surface area contributed by atoms with Crippen molar-refractivity contribution >= 4 is 17.6 Å². The number of nitro groups is 1. The summed E-state index contributed by atoms with van der Waals surface area (Å²) in [6.07, 6.45) is -0.921. The number of esters is 1. The van der Waals surface area contributed by atoms with E-state index in [1.54, 1.807) is 0 Å². The van der Waals surface area contributed by atoms with Crippen molar-refractivity contribution in [2.75, 3.05) is 6.54 Å². The molecule has 20 heavy (non-hydrogen) atoms. The molecule has 8 heteroatoms. The van der Waals surface area contributed by atoms with Crippen LogP contribution in [-0.4, -0.2) is 23.3 Å². The van der Waals surface area contributed by atoms with Gasteiger partial charge in [-0.25, -0.2) is 0 Å². The Hall–Kier alpha value is -2.51. The fourth-order valence-corrected chi connectivity index (χ4v) is 1.53. The minimum absolute atomic E-state index is 0.0578. The van der Waals surface area contributed by atoms with Crippen molar-refractivity contribution < 1.29 is 23.6 Å². The highest BCUT2D eigenvalue weighted by molar-refractivity contribution is 5.73. The lowest BCUT2D eigenvalue weighted by atomic mass is 10.1. The zero-order chi connectivity index (χ0) is 15.3. The zero-order valence-electron chi connectivity index (χ0n) is 10.9. The predicted molar refractivity (Wildman–Crippen MR) is 66.2 cm³/mol. The molecule has 1 N–H and O–H groups in total. The van der Waals surface area contributed by atoms with Crippen molar-refractivity contribution in [2.45, 2.75) is 20.0 Å². The molecule has 0 bridgehead atoms. The molecule has 108 valence electrons. The summed E-state index contributed by atoms with van der Waals surface area (Å²) >= 11 is 0. The van der Waals surface area contributed by atoms with Crippen LogP contribution in [0.1, 0.15) is 25.5 Å². The molecular weight excluding hydrogens is 271 g/mol. The largest absolute Gasteiger partial charge is 0.456 e. The summed E-state index contributed by atoms with van der Waals surface area (Å²) < 4.78 is 18.2. The van der Waals surface area contributed by atoms with Crippen LogP contribution in [0.25, 0.3) is 0 Å². The fourth-order valence-electron chi connectivity index (χ4n) is 1.53. The molecule has 1 atom stereocenters. The number of ether oxygens (including phenoxy) is 1. The molecule has 0 aromatic heterocycles. The smallest absolute Gasteiger partial charge is 0.305 e. The normalized spacial score (nSPS) is 11.6. The van der Waals surface area contributed by atoms with Gasteiger partial charge in [0.15, 0.2) is 0 Å². The molecule has 7 nitrogen and oxygen atoms in total. The Morgan fingerprint density at radius 1 is 1.45 bits per heavy atom. The molecule has 1 aromatic rings. The van der Waals surface area contributed by atoms with Crippen molar-refractivity contribution in [1.29, 1.82) is 0 Å². The van der Waals surface area contributed by atoms with E-state index in [4.69, 9.17) is 4.74 Å². The molecule has 0 heterocycles. The molecule has 0 radical (unpaired) electrons. The van der Waals surface area contributed by atoms with Crippen LogP contribution >= 0.6 is 0 Å². The Bertz CT molecular complexity index is 547. The predicted octanol–water partition coefficient (Wildman–Crippen LogP) is 1.47. The molecule has 0 aliphatic heterocycles. The van der Waals surface area contributed by atoms with E-state index < -0.39 is 28.5 Å². The Balaban J connectivity index is 3.06. The van der Waals surface area contributed by atoms with Gasteiger partial charge in [0, 0.05) is 25.5 Å². The number of nitrogens with one attached hydrogen (secondary N) is 1. The Morgan fingerprint density at radius 3 is 2.60 bits per heavy atom. The Morgan fingerprint density at radius 2 is 2.10 bits per heavy atom. The first kappa shape index (κ1) is 15.5. The van der Waals surface area contributed by atoms with Crippen LogP contribution in [0.2, 0.25) is 0 Å². The van der Waals surface area contributed by atoms with Gasteiger partial charge in [0.25, 0.3) is 0 Å². The third-order valence-electron chi connectivity index (χ3n) is 2.38. The number of nitro benzene ring substituents is 1. The number of hydrogen-bond acceptors (Lipinski definition) is 5. The number of nitrogens with zero attached hydrogens (tertiary/aromatic N) is 1. The number of rotatable bonds is 5. The van der Waals surface area contributed by atoms with Gasteiger partial charge < -0.3 is 10.1 Å². The molecule has 1 aromatic carbocycles. The molecule has 0 aliphatic carbocycles. The number of carbonyl (C=O) groups excluding carboxylic acids is 2. The third-order valence-corrected chi connectivity index (χ3v) is 2.38. The Kier molecular flexibility index (Phi) is 5.13. The summed E-state index contributed by atoms with van der Waals surface area (Å²) in [5, 5.41) is 13.1. The van der Waals surface area contributed by atoms with E-state index in [0.29, 0.717) is 0 Å². The highest BCUT2D eigenvalue weighted by atomic mass is 19.1. The molecule has 0 aliphatic rings. The van der Waals surface area contributed by atoms with Gasteiger partial charge in [-0.2, -0.15) is 4.39 Å². The van der Waals surface area contributed by atoms with Gasteiger partial charge in [0.1, 0.15) is 6.10 Å². The maximum Gasteiger partial charge on any atom is 0.305 e. The van der Waals surface area contributed by atoms with Crippen molar-refractivity contribution in [1.82, 2.24) is 5.32 Å². The van der Waals surface area contributed by atoms with Gasteiger partial charge in [0.2, 0.25) is 11.7 Å². The van der Waals surface area contributed by atoms with Crippen LogP contribution in [-0.2, 0) is 14.3 Å². The first-order chi connectivity index (χ1) is 9.31. The van der Waals surface area contributed by atoms with Crippen molar-refractivity contribution in [3.63, 3.8) is 0 Å². The molecular formula is C12H13FN2O5. The fraction of sp³-hybridized carbons (Fsp3) is 0.333. The number of halogens is 1.